The van der Waals surface area contributed by atoms with E-state index < -0.39 is 10.0 Å². The zero-order chi connectivity index (χ0) is 19.4. The standard InChI is InChI=1S/C19H25N3O3S2/c1-15-5-6-18(16(2)14-15)27(24,25)20-7-8-21-9-11-22(12-10-21)19(23)17-4-3-13-26-17/h3-6,13-14,20H,7-12H2,1-2H3. The van der Waals surface area contributed by atoms with Crippen molar-refractivity contribution in [3.8, 4) is 0 Å². The van der Waals surface area contributed by atoms with Crippen LogP contribution >= 0.6 is 11.3 Å². The monoisotopic (exact) mass is 407 g/mol. The first-order chi connectivity index (χ1) is 12.9. The molecule has 1 amide bonds. The second kappa shape index (κ2) is 8.52. The molecule has 27 heavy (non-hydrogen) atoms. The van der Waals surface area contributed by atoms with E-state index in [2.05, 4.69) is 9.62 Å². The Bertz CT molecular complexity index is 887. The van der Waals surface area contributed by atoms with Gasteiger partial charge in [0.1, 0.15) is 0 Å². The molecule has 1 aromatic carbocycles. The van der Waals surface area contributed by atoms with E-state index in [-0.39, 0.29) is 5.91 Å². The number of hydrogen-bond donors (Lipinski definition) is 1. The van der Waals surface area contributed by atoms with Gasteiger partial charge in [-0.2, -0.15) is 0 Å². The highest BCUT2D eigenvalue weighted by molar-refractivity contribution is 7.89. The molecule has 2 aromatic rings. The van der Waals surface area contributed by atoms with Gasteiger partial charge in [0.25, 0.3) is 5.91 Å². The molecule has 0 unspecified atom stereocenters. The van der Waals surface area contributed by atoms with Gasteiger partial charge in [0.15, 0.2) is 0 Å². The van der Waals surface area contributed by atoms with Crippen LogP contribution < -0.4 is 4.72 Å². The van der Waals surface area contributed by atoms with Crippen molar-refractivity contribution in [2.75, 3.05) is 39.3 Å². The van der Waals surface area contributed by atoms with Crippen molar-refractivity contribution in [2.24, 2.45) is 0 Å². The summed E-state index contributed by atoms with van der Waals surface area (Å²) >= 11 is 1.46. The normalized spacial score (nSPS) is 15.9. The van der Waals surface area contributed by atoms with Gasteiger partial charge in [-0.15, -0.1) is 11.3 Å². The van der Waals surface area contributed by atoms with Crippen molar-refractivity contribution < 1.29 is 13.2 Å². The molecular formula is C19H25N3O3S2. The third kappa shape index (κ3) is 4.95. The Kier molecular flexibility index (Phi) is 6.31. The molecule has 2 heterocycles. The first kappa shape index (κ1) is 20.0. The number of benzene rings is 1. The molecule has 1 N–H and O–H groups in total. The number of thiophene rings is 1. The fourth-order valence-electron chi connectivity index (χ4n) is 3.25. The molecule has 0 bridgehead atoms. The van der Waals surface area contributed by atoms with Crippen LogP contribution in [0.2, 0.25) is 0 Å². The topological polar surface area (TPSA) is 69.7 Å². The van der Waals surface area contributed by atoms with Gasteiger partial charge in [-0.05, 0) is 36.9 Å². The second-order valence-electron chi connectivity index (χ2n) is 6.78. The summed E-state index contributed by atoms with van der Waals surface area (Å²) in [5, 5.41) is 1.91. The minimum Gasteiger partial charge on any atom is -0.335 e. The highest BCUT2D eigenvalue weighted by Gasteiger charge is 2.23. The van der Waals surface area contributed by atoms with Crippen LogP contribution in [0.3, 0.4) is 0 Å². The minimum atomic E-state index is -3.50. The fourth-order valence-corrected chi connectivity index (χ4v) is 5.18. The summed E-state index contributed by atoms with van der Waals surface area (Å²) in [5.74, 6) is 0.0835. The second-order valence-corrected chi connectivity index (χ2v) is 9.46. The summed E-state index contributed by atoms with van der Waals surface area (Å²) < 4.78 is 27.7. The predicted octanol–water partition coefficient (Wildman–Crippen LogP) is 2.10. The van der Waals surface area contributed by atoms with Crippen LogP contribution in [-0.2, 0) is 10.0 Å². The van der Waals surface area contributed by atoms with Gasteiger partial charge in [-0.25, -0.2) is 13.1 Å². The number of amides is 1. The average Bonchev–Trinajstić information content (AvgIpc) is 3.16. The molecule has 0 atom stereocenters. The Morgan fingerprint density at radius 1 is 1.15 bits per heavy atom. The number of carbonyl (C=O) groups excluding carboxylic acids is 1. The Labute approximate surface area is 164 Å². The van der Waals surface area contributed by atoms with E-state index in [1.54, 1.807) is 6.07 Å². The maximum atomic E-state index is 12.5. The molecule has 1 fully saturated rings. The lowest BCUT2D eigenvalue weighted by Crippen LogP contribution is -2.50. The summed E-state index contributed by atoms with van der Waals surface area (Å²) in [6, 6.07) is 9.07. The number of nitrogens with one attached hydrogen (secondary N) is 1. The van der Waals surface area contributed by atoms with Crippen LogP contribution in [0.15, 0.2) is 40.6 Å². The zero-order valence-corrected chi connectivity index (χ0v) is 17.3. The van der Waals surface area contributed by atoms with E-state index in [9.17, 15) is 13.2 Å². The molecule has 1 saturated heterocycles. The van der Waals surface area contributed by atoms with E-state index >= 15 is 0 Å². The molecule has 0 saturated carbocycles. The maximum Gasteiger partial charge on any atom is 0.264 e. The smallest absolute Gasteiger partial charge is 0.264 e. The molecular weight excluding hydrogens is 382 g/mol. The average molecular weight is 408 g/mol. The minimum absolute atomic E-state index is 0.0835. The van der Waals surface area contributed by atoms with Gasteiger partial charge >= 0.3 is 0 Å². The predicted molar refractivity (Wildman–Crippen MR) is 108 cm³/mol. The molecule has 6 nitrogen and oxygen atoms in total. The Morgan fingerprint density at radius 3 is 2.52 bits per heavy atom. The molecule has 3 rings (SSSR count). The van der Waals surface area contributed by atoms with Gasteiger partial charge in [-0.3, -0.25) is 9.69 Å². The number of carbonyl (C=O) groups is 1. The summed E-state index contributed by atoms with van der Waals surface area (Å²) in [4.78, 5) is 17.5. The lowest BCUT2D eigenvalue weighted by atomic mass is 10.2. The van der Waals surface area contributed by atoms with Crippen molar-refractivity contribution >= 4 is 27.3 Å². The van der Waals surface area contributed by atoms with Crippen LogP contribution in [0.1, 0.15) is 20.8 Å². The van der Waals surface area contributed by atoms with Gasteiger partial charge in [-0.1, -0.05) is 23.8 Å². The fraction of sp³-hybridized carbons (Fsp3) is 0.421. The van der Waals surface area contributed by atoms with Crippen molar-refractivity contribution in [1.82, 2.24) is 14.5 Å². The maximum absolute atomic E-state index is 12.5. The van der Waals surface area contributed by atoms with Gasteiger partial charge in [0, 0.05) is 39.3 Å². The molecule has 1 aliphatic rings. The summed E-state index contributed by atoms with van der Waals surface area (Å²) in [5.41, 5.74) is 1.80. The Morgan fingerprint density at radius 2 is 1.89 bits per heavy atom. The SMILES string of the molecule is Cc1ccc(S(=O)(=O)NCCN2CCN(C(=O)c3cccs3)CC2)c(C)c1. The first-order valence-corrected chi connectivity index (χ1v) is 11.4. The number of sulfonamides is 1. The van der Waals surface area contributed by atoms with Gasteiger partial charge < -0.3 is 4.90 Å². The summed E-state index contributed by atoms with van der Waals surface area (Å²) in [6.07, 6.45) is 0. The largest absolute Gasteiger partial charge is 0.335 e. The van der Waals surface area contributed by atoms with Crippen LogP contribution in [0.25, 0.3) is 0 Å². The van der Waals surface area contributed by atoms with Crippen molar-refractivity contribution in [1.29, 1.82) is 0 Å². The Hall–Kier alpha value is -1.74. The van der Waals surface area contributed by atoms with E-state index in [4.69, 9.17) is 0 Å². The number of nitrogens with zero attached hydrogens (tertiary/aromatic N) is 2. The van der Waals surface area contributed by atoms with Crippen molar-refractivity contribution in [2.45, 2.75) is 18.7 Å². The van der Waals surface area contributed by atoms with Crippen molar-refractivity contribution in [3.63, 3.8) is 0 Å². The third-order valence-electron chi connectivity index (χ3n) is 4.73. The molecule has 1 aliphatic heterocycles. The van der Waals surface area contributed by atoms with Gasteiger partial charge in [0.05, 0.1) is 9.77 Å². The quantitative estimate of drug-likeness (QED) is 0.796. The molecule has 0 spiro atoms. The van der Waals surface area contributed by atoms with Crippen LogP contribution in [0.4, 0.5) is 0 Å². The van der Waals surface area contributed by atoms with Crippen molar-refractivity contribution in [3.05, 3.63) is 51.7 Å². The van der Waals surface area contributed by atoms with Gasteiger partial charge in [0.2, 0.25) is 10.0 Å². The highest BCUT2D eigenvalue weighted by Crippen LogP contribution is 2.16. The number of rotatable bonds is 6. The number of aryl methyl sites for hydroxylation is 2. The molecule has 146 valence electrons. The first-order valence-electron chi connectivity index (χ1n) is 8.99. The summed E-state index contributed by atoms with van der Waals surface area (Å²) in [7, 11) is -3.50. The molecule has 0 aliphatic carbocycles. The molecule has 0 radical (unpaired) electrons. The molecule has 8 heteroatoms. The van der Waals surface area contributed by atoms with Crippen LogP contribution in [0, 0.1) is 13.8 Å². The lowest BCUT2D eigenvalue weighted by molar-refractivity contribution is 0.0645. The van der Waals surface area contributed by atoms with Crippen LogP contribution in [0.5, 0.6) is 0 Å². The van der Waals surface area contributed by atoms with E-state index in [1.165, 1.54) is 11.3 Å². The number of piperazine rings is 1. The van der Waals surface area contributed by atoms with Crippen LogP contribution in [-0.4, -0.2) is 63.4 Å². The highest BCUT2D eigenvalue weighted by atomic mass is 32.2. The summed E-state index contributed by atoms with van der Waals surface area (Å²) in [6.45, 7) is 7.58. The number of hydrogen-bond acceptors (Lipinski definition) is 5. The molecule has 1 aromatic heterocycles. The van der Waals surface area contributed by atoms with E-state index in [0.717, 1.165) is 29.1 Å². The van der Waals surface area contributed by atoms with E-state index in [0.29, 0.717) is 31.1 Å². The zero-order valence-electron chi connectivity index (χ0n) is 15.6. The van der Waals surface area contributed by atoms with E-state index in [1.807, 2.05) is 48.4 Å². The lowest BCUT2D eigenvalue weighted by Gasteiger charge is -2.34. The Balaban J connectivity index is 1.47. The third-order valence-corrected chi connectivity index (χ3v) is 7.21.